The van der Waals surface area contributed by atoms with Crippen LogP contribution >= 0.6 is 0 Å². The molecule has 1 heteroatoms. The second-order valence-electron chi connectivity index (χ2n) is 10.1. The summed E-state index contributed by atoms with van der Waals surface area (Å²) >= 11 is 0. The van der Waals surface area contributed by atoms with Crippen LogP contribution < -0.4 is 0 Å². The van der Waals surface area contributed by atoms with Crippen molar-refractivity contribution in [3.63, 3.8) is 0 Å². The second-order valence-corrected chi connectivity index (χ2v) is 10.1. The van der Waals surface area contributed by atoms with E-state index in [1.165, 1.54) is 44.5 Å². The zero-order valence-corrected chi connectivity index (χ0v) is 21.4. The van der Waals surface area contributed by atoms with E-state index in [1.54, 1.807) is 0 Å². The maximum atomic E-state index is 9.30. The zero-order chi connectivity index (χ0) is 26.2. The molecule has 0 aromatic heterocycles. The van der Waals surface area contributed by atoms with Crippen molar-refractivity contribution in [1.82, 2.24) is 0 Å². The van der Waals surface area contributed by atoms with Gasteiger partial charge in [-0.1, -0.05) is 127 Å². The molecule has 1 unspecified atom stereocenters. The third-order valence-corrected chi connectivity index (χ3v) is 8.00. The summed E-state index contributed by atoms with van der Waals surface area (Å²) in [5.41, 5.74) is 12.5. The van der Waals surface area contributed by atoms with Gasteiger partial charge in [0, 0.05) is 0 Å². The van der Waals surface area contributed by atoms with Gasteiger partial charge in [-0.05, 0) is 79.9 Å². The van der Waals surface area contributed by atoms with Crippen LogP contribution in [0.1, 0.15) is 27.8 Å². The first kappa shape index (κ1) is 23.0. The number of hydrogen-bond donors (Lipinski definition) is 0. The molecule has 0 amide bonds. The molecule has 0 fully saturated rings. The smallest absolute Gasteiger partial charge is 0.0991 e. The Morgan fingerprint density at radius 2 is 0.974 bits per heavy atom. The topological polar surface area (TPSA) is 23.8 Å². The van der Waals surface area contributed by atoms with E-state index >= 15 is 0 Å². The fourth-order valence-electron chi connectivity index (χ4n) is 6.24. The number of rotatable bonds is 4. The van der Waals surface area contributed by atoms with Gasteiger partial charge in [-0.25, -0.2) is 0 Å². The van der Waals surface area contributed by atoms with Crippen molar-refractivity contribution in [2.75, 3.05) is 0 Å². The first-order chi connectivity index (χ1) is 19.3. The van der Waals surface area contributed by atoms with E-state index in [0.717, 1.165) is 11.1 Å². The van der Waals surface area contributed by atoms with E-state index < -0.39 is 5.41 Å². The first-order valence-corrected chi connectivity index (χ1v) is 13.3. The highest BCUT2D eigenvalue weighted by atomic mass is 14.5. The van der Waals surface area contributed by atoms with E-state index in [-0.39, 0.29) is 0 Å². The van der Waals surface area contributed by atoms with Crippen LogP contribution in [-0.2, 0) is 5.41 Å². The van der Waals surface area contributed by atoms with E-state index in [1.807, 2.05) is 24.3 Å². The summed E-state index contributed by atoms with van der Waals surface area (Å²) < 4.78 is 0. The summed E-state index contributed by atoms with van der Waals surface area (Å²) in [6, 6.07) is 56.3. The molecule has 7 rings (SSSR count). The third-order valence-electron chi connectivity index (χ3n) is 8.00. The normalized spacial score (nSPS) is 15.3. The van der Waals surface area contributed by atoms with E-state index in [4.69, 9.17) is 0 Å². The quantitative estimate of drug-likeness (QED) is 0.239. The van der Waals surface area contributed by atoms with E-state index in [9.17, 15) is 5.26 Å². The minimum Gasteiger partial charge on any atom is -0.192 e. The monoisotopic (exact) mass is 495 g/mol. The van der Waals surface area contributed by atoms with Crippen LogP contribution in [0, 0.1) is 11.3 Å². The summed E-state index contributed by atoms with van der Waals surface area (Å²) in [6.45, 7) is 0. The molecule has 0 saturated carbocycles. The Bertz CT molecular complexity index is 1840. The van der Waals surface area contributed by atoms with Gasteiger partial charge in [0.1, 0.15) is 0 Å². The molecule has 1 nitrogen and oxygen atoms in total. The lowest BCUT2D eigenvalue weighted by molar-refractivity contribution is 0.769. The van der Waals surface area contributed by atoms with Crippen molar-refractivity contribution in [3.05, 3.63) is 179 Å². The van der Waals surface area contributed by atoms with Gasteiger partial charge in [0.15, 0.2) is 0 Å². The summed E-state index contributed by atoms with van der Waals surface area (Å²) in [5, 5.41) is 9.30. The molecule has 0 spiro atoms. The van der Waals surface area contributed by atoms with Crippen molar-refractivity contribution in [2.45, 2.75) is 5.41 Å². The van der Waals surface area contributed by atoms with Gasteiger partial charge < -0.3 is 0 Å². The Kier molecular flexibility index (Phi) is 5.47. The molecule has 0 radical (unpaired) electrons. The zero-order valence-electron chi connectivity index (χ0n) is 21.4. The second kappa shape index (κ2) is 9.28. The van der Waals surface area contributed by atoms with Gasteiger partial charge in [-0.15, -0.1) is 0 Å². The number of benzene rings is 6. The molecule has 182 valence electrons. The Labute approximate surface area is 229 Å². The lowest BCUT2D eigenvalue weighted by Gasteiger charge is -2.34. The fourth-order valence-corrected chi connectivity index (χ4v) is 6.24. The molecule has 6 aromatic rings. The third kappa shape index (κ3) is 3.62. The van der Waals surface area contributed by atoms with Crippen molar-refractivity contribution in [1.29, 1.82) is 5.26 Å². The number of fused-ring (bicyclic) bond motifs is 3. The van der Waals surface area contributed by atoms with Crippen LogP contribution in [0.15, 0.2) is 152 Å². The standard InChI is InChI=1S/C38H25N/c39-26-27-18-20-29(21-19-27)31-22-23-35-34-16-7-8-17-36(34)38(37(35)25-31,32-13-5-2-6-14-32)33-15-9-12-30(24-33)28-10-3-1-4-11-28/h1-25H. The highest BCUT2D eigenvalue weighted by molar-refractivity contribution is 5.88. The Hall–Kier alpha value is -5.19. The van der Waals surface area contributed by atoms with Crippen molar-refractivity contribution >= 4 is 0 Å². The van der Waals surface area contributed by atoms with Crippen LogP contribution in [0.2, 0.25) is 0 Å². The SMILES string of the molecule is N#Cc1ccc(-c2ccc3c(c2)C(c2ccccc2)(c2cccc(-c4ccccc4)c2)c2ccccc2-3)cc1. The molecule has 1 aliphatic carbocycles. The minimum atomic E-state index is -0.472. The maximum Gasteiger partial charge on any atom is 0.0991 e. The lowest BCUT2D eigenvalue weighted by atomic mass is 9.67. The van der Waals surface area contributed by atoms with Crippen LogP contribution in [0.25, 0.3) is 33.4 Å². The highest BCUT2D eigenvalue weighted by Crippen LogP contribution is 2.57. The first-order valence-electron chi connectivity index (χ1n) is 13.3. The fraction of sp³-hybridized carbons (Fsp3) is 0.0263. The maximum absolute atomic E-state index is 9.30. The average molecular weight is 496 g/mol. The summed E-state index contributed by atoms with van der Waals surface area (Å²) in [7, 11) is 0. The van der Waals surface area contributed by atoms with Gasteiger partial charge in [-0.2, -0.15) is 5.26 Å². The molecule has 0 N–H and O–H groups in total. The molecule has 1 atom stereocenters. The largest absolute Gasteiger partial charge is 0.192 e. The predicted molar refractivity (Wildman–Crippen MR) is 159 cm³/mol. The molecule has 0 saturated heterocycles. The molecule has 6 aromatic carbocycles. The molecular weight excluding hydrogens is 470 g/mol. The van der Waals surface area contributed by atoms with Crippen molar-refractivity contribution in [3.8, 4) is 39.4 Å². The molecular formula is C38H25N. The lowest BCUT2D eigenvalue weighted by Crippen LogP contribution is -2.28. The molecule has 1 aliphatic rings. The van der Waals surface area contributed by atoms with Gasteiger partial charge >= 0.3 is 0 Å². The van der Waals surface area contributed by atoms with Crippen LogP contribution in [0.3, 0.4) is 0 Å². The van der Waals surface area contributed by atoms with Crippen LogP contribution in [0.5, 0.6) is 0 Å². The Morgan fingerprint density at radius 1 is 0.410 bits per heavy atom. The van der Waals surface area contributed by atoms with E-state index in [0.29, 0.717) is 5.56 Å². The van der Waals surface area contributed by atoms with Crippen molar-refractivity contribution in [2.24, 2.45) is 0 Å². The average Bonchev–Trinajstić information content (AvgIpc) is 3.32. The predicted octanol–water partition coefficient (Wildman–Crippen LogP) is 9.26. The molecule has 39 heavy (non-hydrogen) atoms. The van der Waals surface area contributed by atoms with Crippen LogP contribution in [-0.4, -0.2) is 0 Å². The number of hydrogen-bond acceptors (Lipinski definition) is 1. The molecule has 0 bridgehead atoms. The summed E-state index contributed by atoms with van der Waals surface area (Å²) in [6.07, 6.45) is 0. The number of nitriles is 1. The summed E-state index contributed by atoms with van der Waals surface area (Å²) in [4.78, 5) is 0. The molecule has 0 heterocycles. The molecule has 0 aliphatic heterocycles. The minimum absolute atomic E-state index is 0.472. The Balaban J connectivity index is 1.54. The number of nitrogens with zero attached hydrogens (tertiary/aromatic N) is 1. The van der Waals surface area contributed by atoms with E-state index in [2.05, 4.69) is 133 Å². The van der Waals surface area contributed by atoms with Gasteiger partial charge in [0.05, 0.1) is 17.0 Å². The highest BCUT2D eigenvalue weighted by Gasteiger charge is 2.46. The van der Waals surface area contributed by atoms with Gasteiger partial charge in [0.25, 0.3) is 0 Å². The van der Waals surface area contributed by atoms with Gasteiger partial charge in [-0.3, -0.25) is 0 Å². The van der Waals surface area contributed by atoms with Crippen LogP contribution in [0.4, 0.5) is 0 Å². The van der Waals surface area contributed by atoms with Gasteiger partial charge in [0.2, 0.25) is 0 Å². The Morgan fingerprint density at radius 3 is 1.74 bits per heavy atom. The summed E-state index contributed by atoms with van der Waals surface area (Å²) in [5.74, 6) is 0. The van der Waals surface area contributed by atoms with Crippen molar-refractivity contribution < 1.29 is 0 Å².